The van der Waals surface area contributed by atoms with Gasteiger partial charge < -0.3 is 10.1 Å². The van der Waals surface area contributed by atoms with E-state index in [9.17, 15) is 4.79 Å². The molecule has 3 heteroatoms. The smallest absolute Gasteiger partial charge is 0.229 e. The molecule has 0 saturated carbocycles. The Kier molecular flexibility index (Phi) is 3.01. The highest BCUT2D eigenvalue weighted by Crippen LogP contribution is 2.56. The van der Waals surface area contributed by atoms with Gasteiger partial charge in [0.2, 0.25) is 5.91 Å². The van der Waals surface area contributed by atoms with Crippen LogP contribution in [0.1, 0.15) is 47.5 Å². The predicted octanol–water partition coefficient (Wildman–Crippen LogP) is 2.56. The molecule has 2 saturated heterocycles. The molecule has 0 aromatic carbocycles. The third-order valence-corrected chi connectivity index (χ3v) is 4.71. The number of rotatable bonds is 1. The summed E-state index contributed by atoms with van der Waals surface area (Å²) < 4.78 is 5.74. The Morgan fingerprint density at radius 1 is 1.41 bits per heavy atom. The molecule has 0 aromatic heterocycles. The largest absolute Gasteiger partial charge is 0.358 e. The Balaban J connectivity index is 2.47. The first-order valence-corrected chi connectivity index (χ1v) is 6.74. The fraction of sp³-hybridized carbons (Fsp3) is 0.929. The van der Waals surface area contributed by atoms with Gasteiger partial charge in [0.1, 0.15) is 6.23 Å². The highest BCUT2D eigenvalue weighted by molar-refractivity contribution is 5.86. The van der Waals surface area contributed by atoms with Crippen LogP contribution >= 0.6 is 0 Å². The van der Waals surface area contributed by atoms with Gasteiger partial charge >= 0.3 is 0 Å². The molecule has 2 aliphatic rings. The average Bonchev–Trinajstić information content (AvgIpc) is 2.49. The van der Waals surface area contributed by atoms with E-state index in [0.29, 0.717) is 11.8 Å². The summed E-state index contributed by atoms with van der Waals surface area (Å²) in [7, 11) is 0. The Morgan fingerprint density at radius 3 is 2.59 bits per heavy atom. The summed E-state index contributed by atoms with van der Waals surface area (Å²) in [6.07, 6.45) is 2.11. The Morgan fingerprint density at radius 2 is 2.06 bits per heavy atom. The Bertz CT molecular complexity index is 319. The number of ether oxygens (including phenoxy) is 1. The molecule has 0 bridgehead atoms. The highest BCUT2D eigenvalue weighted by atomic mass is 16.5. The molecule has 3 unspecified atom stereocenters. The second kappa shape index (κ2) is 3.98. The third-order valence-electron chi connectivity index (χ3n) is 4.71. The predicted molar refractivity (Wildman–Crippen MR) is 67.3 cm³/mol. The second-order valence-corrected chi connectivity index (χ2v) is 6.79. The van der Waals surface area contributed by atoms with Crippen LogP contribution in [0.15, 0.2) is 0 Å². The van der Waals surface area contributed by atoms with Crippen LogP contribution in [0.3, 0.4) is 0 Å². The fourth-order valence-electron chi connectivity index (χ4n) is 4.26. The Hall–Kier alpha value is -0.570. The molecule has 17 heavy (non-hydrogen) atoms. The van der Waals surface area contributed by atoms with E-state index in [1.165, 1.54) is 0 Å². The molecule has 3 nitrogen and oxygen atoms in total. The molecule has 1 amide bonds. The van der Waals surface area contributed by atoms with E-state index in [1.54, 1.807) is 0 Å². The Labute approximate surface area is 104 Å². The van der Waals surface area contributed by atoms with Crippen molar-refractivity contribution in [1.82, 2.24) is 5.32 Å². The van der Waals surface area contributed by atoms with Gasteiger partial charge in [0.25, 0.3) is 0 Å². The van der Waals surface area contributed by atoms with Crippen molar-refractivity contribution < 1.29 is 9.53 Å². The molecular formula is C14H25NO2. The molecule has 1 N–H and O–H groups in total. The number of hydrogen-bond acceptors (Lipinski definition) is 2. The van der Waals surface area contributed by atoms with E-state index < -0.39 is 0 Å². The van der Waals surface area contributed by atoms with Crippen molar-refractivity contribution in [2.24, 2.45) is 22.7 Å². The van der Waals surface area contributed by atoms with Crippen molar-refractivity contribution in [3.05, 3.63) is 0 Å². The van der Waals surface area contributed by atoms with Crippen LogP contribution in [0, 0.1) is 22.7 Å². The lowest BCUT2D eigenvalue weighted by atomic mass is 9.54. The molecule has 2 fully saturated rings. The van der Waals surface area contributed by atoms with Gasteiger partial charge in [-0.3, -0.25) is 4.79 Å². The van der Waals surface area contributed by atoms with E-state index in [4.69, 9.17) is 4.74 Å². The zero-order chi connectivity index (χ0) is 12.8. The number of amides is 1. The number of carbonyl (C=O) groups excluding carboxylic acids is 1. The molecular weight excluding hydrogens is 214 g/mol. The van der Waals surface area contributed by atoms with E-state index in [-0.39, 0.29) is 23.0 Å². The van der Waals surface area contributed by atoms with Crippen LogP contribution in [0.25, 0.3) is 0 Å². The van der Waals surface area contributed by atoms with E-state index in [2.05, 4.69) is 39.9 Å². The fourth-order valence-corrected chi connectivity index (χ4v) is 4.26. The van der Waals surface area contributed by atoms with Crippen LogP contribution in [0.5, 0.6) is 0 Å². The van der Waals surface area contributed by atoms with Gasteiger partial charge in [0.15, 0.2) is 0 Å². The first-order valence-electron chi connectivity index (χ1n) is 6.74. The highest BCUT2D eigenvalue weighted by Gasteiger charge is 2.63. The van der Waals surface area contributed by atoms with Crippen LogP contribution in [-0.2, 0) is 9.53 Å². The zero-order valence-electron chi connectivity index (χ0n) is 11.7. The average molecular weight is 239 g/mol. The molecule has 2 heterocycles. The van der Waals surface area contributed by atoms with Crippen molar-refractivity contribution in [2.75, 3.05) is 6.61 Å². The van der Waals surface area contributed by atoms with Gasteiger partial charge in [0.05, 0.1) is 5.41 Å². The van der Waals surface area contributed by atoms with Gasteiger partial charge in [-0.25, -0.2) is 0 Å². The maximum Gasteiger partial charge on any atom is 0.229 e. The van der Waals surface area contributed by atoms with E-state index >= 15 is 0 Å². The lowest BCUT2D eigenvalue weighted by Gasteiger charge is -2.48. The number of nitrogens with one attached hydrogen (secondary N) is 1. The summed E-state index contributed by atoms with van der Waals surface area (Å²) in [5.41, 5.74) is -0.330. The number of hydrogen-bond donors (Lipinski definition) is 1. The van der Waals surface area contributed by atoms with E-state index in [0.717, 1.165) is 19.4 Å². The van der Waals surface area contributed by atoms with Gasteiger partial charge in [-0.1, -0.05) is 34.6 Å². The SMILES string of the molecule is CC(C)C1(C(C)(C)C)C(=O)NC2OCCCC21. The van der Waals surface area contributed by atoms with Crippen molar-refractivity contribution in [3.8, 4) is 0 Å². The van der Waals surface area contributed by atoms with Gasteiger partial charge in [-0.2, -0.15) is 0 Å². The summed E-state index contributed by atoms with van der Waals surface area (Å²) in [5.74, 6) is 0.847. The summed E-state index contributed by atoms with van der Waals surface area (Å²) in [6, 6.07) is 0. The lowest BCUT2D eigenvalue weighted by Crippen LogP contribution is -2.51. The molecule has 98 valence electrons. The van der Waals surface area contributed by atoms with E-state index in [1.807, 2.05) is 0 Å². The third kappa shape index (κ3) is 1.62. The molecule has 2 aliphatic heterocycles. The minimum atomic E-state index is -0.294. The van der Waals surface area contributed by atoms with Crippen molar-refractivity contribution in [2.45, 2.75) is 53.7 Å². The first kappa shape index (κ1) is 12.9. The standard InChI is InChI=1S/C14H25NO2/c1-9(2)14(13(3,4)5)10-7-6-8-17-11(10)15-12(14)16/h9-11H,6-8H2,1-5H3,(H,15,16). The van der Waals surface area contributed by atoms with Crippen LogP contribution in [0.2, 0.25) is 0 Å². The molecule has 0 aromatic rings. The van der Waals surface area contributed by atoms with Gasteiger partial charge in [0, 0.05) is 12.5 Å². The maximum absolute atomic E-state index is 12.6. The summed E-state index contributed by atoms with van der Waals surface area (Å²) in [6.45, 7) is 11.7. The van der Waals surface area contributed by atoms with Gasteiger partial charge in [-0.15, -0.1) is 0 Å². The van der Waals surface area contributed by atoms with Crippen LogP contribution < -0.4 is 5.32 Å². The number of fused-ring (bicyclic) bond motifs is 1. The minimum Gasteiger partial charge on any atom is -0.358 e. The molecule has 3 atom stereocenters. The second-order valence-electron chi connectivity index (χ2n) is 6.79. The first-order chi connectivity index (χ1) is 7.81. The topological polar surface area (TPSA) is 38.3 Å². The normalized spacial score (nSPS) is 38.1. The number of carbonyl (C=O) groups is 1. The minimum absolute atomic E-state index is 0.0363. The summed E-state index contributed by atoms with van der Waals surface area (Å²) in [4.78, 5) is 12.6. The quantitative estimate of drug-likeness (QED) is 0.763. The van der Waals surface area contributed by atoms with Crippen molar-refractivity contribution >= 4 is 5.91 Å². The molecule has 0 spiro atoms. The molecule has 0 aliphatic carbocycles. The lowest BCUT2D eigenvalue weighted by molar-refractivity contribution is -0.143. The summed E-state index contributed by atoms with van der Waals surface area (Å²) >= 11 is 0. The molecule has 0 radical (unpaired) electrons. The van der Waals surface area contributed by atoms with Crippen LogP contribution in [-0.4, -0.2) is 18.7 Å². The van der Waals surface area contributed by atoms with Crippen molar-refractivity contribution in [1.29, 1.82) is 0 Å². The van der Waals surface area contributed by atoms with Crippen LogP contribution in [0.4, 0.5) is 0 Å². The van der Waals surface area contributed by atoms with Gasteiger partial charge in [-0.05, 0) is 24.2 Å². The van der Waals surface area contributed by atoms with Crippen molar-refractivity contribution in [3.63, 3.8) is 0 Å². The monoisotopic (exact) mass is 239 g/mol. The summed E-state index contributed by atoms with van der Waals surface area (Å²) in [5, 5.41) is 3.07. The zero-order valence-corrected chi connectivity index (χ0v) is 11.7. The molecule has 2 rings (SSSR count). The maximum atomic E-state index is 12.6.